The molecule has 2 heteroatoms. The van der Waals surface area contributed by atoms with Gasteiger partial charge in [-0.25, -0.2) is 0 Å². The third-order valence-electron chi connectivity index (χ3n) is 5.22. The average molecular weight is 233 g/mol. The summed E-state index contributed by atoms with van der Waals surface area (Å²) in [4.78, 5) is 4.02. The minimum atomic E-state index is -0.276. The van der Waals surface area contributed by atoms with Gasteiger partial charge in [-0.2, -0.15) is 0 Å². The van der Waals surface area contributed by atoms with Crippen LogP contribution in [0.5, 0.6) is 0 Å². The van der Waals surface area contributed by atoms with E-state index in [1.165, 1.54) is 5.56 Å². The number of hydrogen-bond donors (Lipinski definition) is 1. The number of aliphatic hydroxyl groups excluding tert-OH is 1. The SMILES string of the molecule is CC(c1ccncc1)C(O)C1C(C)(C)C1(C)C. The van der Waals surface area contributed by atoms with E-state index in [0.29, 0.717) is 5.92 Å². The molecule has 0 amide bonds. The Morgan fingerprint density at radius 1 is 1.12 bits per heavy atom. The normalized spacial score (nSPS) is 25.3. The Balaban J connectivity index is 2.15. The van der Waals surface area contributed by atoms with Crippen molar-refractivity contribution < 1.29 is 5.11 Å². The molecule has 1 aliphatic rings. The number of aromatic nitrogens is 1. The Labute approximate surface area is 104 Å². The van der Waals surface area contributed by atoms with Gasteiger partial charge in [-0.3, -0.25) is 4.98 Å². The predicted molar refractivity (Wildman–Crippen MR) is 69.7 cm³/mol. The summed E-state index contributed by atoms with van der Waals surface area (Å²) in [5.41, 5.74) is 1.63. The lowest BCUT2D eigenvalue weighted by atomic mass is 9.90. The second kappa shape index (κ2) is 3.81. The molecular formula is C15H23NO. The van der Waals surface area contributed by atoms with Crippen molar-refractivity contribution in [2.75, 3.05) is 0 Å². The fourth-order valence-electron chi connectivity index (χ4n) is 3.25. The molecule has 2 unspecified atom stereocenters. The number of rotatable bonds is 3. The largest absolute Gasteiger partial charge is 0.392 e. The van der Waals surface area contributed by atoms with Crippen LogP contribution in [0.3, 0.4) is 0 Å². The summed E-state index contributed by atoms with van der Waals surface area (Å²) in [5.74, 6) is 0.544. The molecule has 0 radical (unpaired) electrons. The maximum Gasteiger partial charge on any atom is 0.0644 e. The molecule has 1 N–H and O–H groups in total. The molecule has 1 aliphatic carbocycles. The van der Waals surface area contributed by atoms with Crippen molar-refractivity contribution in [3.05, 3.63) is 30.1 Å². The van der Waals surface area contributed by atoms with E-state index >= 15 is 0 Å². The van der Waals surface area contributed by atoms with E-state index in [9.17, 15) is 5.11 Å². The summed E-state index contributed by atoms with van der Waals surface area (Å²) < 4.78 is 0. The van der Waals surface area contributed by atoms with E-state index in [4.69, 9.17) is 0 Å². The third kappa shape index (κ3) is 1.79. The average Bonchev–Trinajstić information content (AvgIpc) is 2.69. The minimum absolute atomic E-state index is 0.170. The maximum atomic E-state index is 10.6. The van der Waals surface area contributed by atoms with E-state index in [1.54, 1.807) is 12.4 Å². The van der Waals surface area contributed by atoms with Crippen LogP contribution in [0.1, 0.15) is 46.1 Å². The monoisotopic (exact) mass is 233 g/mol. The van der Waals surface area contributed by atoms with Crippen molar-refractivity contribution in [3.63, 3.8) is 0 Å². The van der Waals surface area contributed by atoms with Crippen molar-refractivity contribution in [3.8, 4) is 0 Å². The summed E-state index contributed by atoms with van der Waals surface area (Å²) in [7, 11) is 0. The van der Waals surface area contributed by atoms with Gasteiger partial charge < -0.3 is 5.11 Å². The molecule has 1 aromatic heterocycles. The van der Waals surface area contributed by atoms with Crippen molar-refractivity contribution in [1.29, 1.82) is 0 Å². The van der Waals surface area contributed by atoms with Crippen LogP contribution in [0.4, 0.5) is 0 Å². The zero-order valence-electron chi connectivity index (χ0n) is 11.4. The molecule has 0 aliphatic heterocycles. The van der Waals surface area contributed by atoms with Gasteiger partial charge in [0, 0.05) is 18.3 Å². The van der Waals surface area contributed by atoms with Crippen molar-refractivity contribution in [2.24, 2.45) is 16.7 Å². The van der Waals surface area contributed by atoms with E-state index in [1.807, 2.05) is 12.1 Å². The highest BCUT2D eigenvalue weighted by Gasteiger charge is 2.67. The van der Waals surface area contributed by atoms with E-state index in [0.717, 1.165) is 0 Å². The lowest BCUT2D eigenvalue weighted by Gasteiger charge is -2.21. The molecular weight excluding hydrogens is 210 g/mol. The van der Waals surface area contributed by atoms with Crippen LogP contribution in [-0.4, -0.2) is 16.2 Å². The first-order valence-corrected chi connectivity index (χ1v) is 6.38. The molecule has 1 saturated carbocycles. The molecule has 1 aromatic rings. The molecule has 2 atom stereocenters. The quantitative estimate of drug-likeness (QED) is 0.869. The number of pyridine rings is 1. The topological polar surface area (TPSA) is 33.1 Å². The van der Waals surface area contributed by atoms with Crippen molar-refractivity contribution in [2.45, 2.75) is 46.6 Å². The number of nitrogens with zero attached hydrogens (tertiary/aromatic N) is 1. The first kappa shape index (κ1) is 12.6. The lowest BCUT2D eigenvalue weighted by Crippen LogP contribution is -2.21. The summed E-state index contributed by atoms with van der Waals surface area (Å²) in [6.45, 7) is 11.1. The molecule has 0 spiro atoms. The Kier molecular flexibility index (Phi) is 2.81. The van der Waals surface area contributed by atoms with Gasteiger partial charge in [0.1, 0.15) is 0 Å². The summed E-state index contributed by atoms with van der Waals surface area (Å²) in [5, 5.41) is 10.6. The van der Waals surface area contributed by atoms with Gasteiger partial charge in [-0.1, -0.05) is 34.6 Å². The van der Waals surface area contributed by atoms with Gasteiger partial charge in [0.25, 0.3) is 0 Å². The Morgan fingerprint density at radius 3 is 2.00 bits per heavy atom. The molecule has 0 saturated heterocycles. The Bertz CT molecular complexity index is 383. The van der Waals surface area contributed by atoms with Crippen LogP contribution in [0.2, 0.25) is 0 Å². The molecule has 0 aromatic carbocycles. The molecule has 17 heavy (non-hydrogen) atoms. The van der Waals surface area contributed by atoms with Crippen LogP contribution in [-0.2, 0) is 0 Å². The van der Waals surface area contributed by atoms with Crippen molar-refractivity contribution in [1.82, 2.24) is 4.98 Å². The fraction of sp³-hybridized carbons (Fsp3) is 0.667. The standard InChI is InChI=1S/C15H23NO/c1-10(11-6-8-16-9-7-11)12(17)13-14(2,3)15(13,4)5/h6-10,12-13,17H,1-5H3. The number of hydrogen-bond acceptors (Lipinski definition) is 2. The molecule has 0 bridgehead atoms. The first-order valence-electron chi connectivity index (χ1n) is 6.38. The van der Waals surface area contributed by atoms with E-state index in [-0.39, 0.29) is 22.9 Å². The van der Waals surface area contributed by atoms with Crippen LogP contribution >= 0.6 is 0 Å². The fourth-order valence-corrected chi connectivity index (χ4v) is 3.25. The van der Waals surface area contributed by atoms with E-state index in [2.05, 4.69) is 39.6 Å². The van der Waals surface area contributed by atoms with E-state index < -0.39 is 0 Å². The summed E-state index contributed by atoms with van der Waals surface area (Å²) >= 11 is 0. The molecule has 2 nitrogen and oxygen atoms in total. The zero-order chi connectivity index (χ0) is 12.8. The highest BCUT2D eigenvalue weighted by molar-refractivity contribution is 5.22. The Hall–Kier alpha value is -0.890. The van der Waals surface area contributed by atoms with Gasteiger partial charge >= 0.3 is 0 Å². The highest BCUT2D eigenvalue weighted by Crippen LogP contribution is 2.70. The van der Waals surface area contributed by atoms with Gasteiger partial charge in [-0.15, -0.1) is 0 Å². The minimum Gasteiger partial charge on any atom is -0.392 e. The van der Waals surface area contributed by atoms with Crippen LogP contribution in [0, 0.1) is 16.7 Å². The third-order valence-corrected chi connectivity index (χ3v) is 5.22. The van der Waals surface area contributed by atoms with Crippen LogP contribution in [0.15, 0.2) is 24.5 Å². The Morgan fingerprint density at radius 2 is 1.59 bits per heavy atom. The molecule has 94 valence electrons. The second-order valence-corrected chi connectivity index (χ2v) is 6.48. The lowest BCUT2D eigenvalue weighted by molar-refractivity contribution is 0.106. The van der Waals surface area contributed by atoms with Gasteiger partial charge in [0.2, 0.25) is 0 Å². The molecule has 2 rings (SSSR count). The summed E-state index contributed by atoms with van der Waals surface area (Å²) in [6, 6.07) is 3.99. The zero-order valence-corrected chi connectivity index (χ0v) is 11.4. The highest BCUT2D eigenvalue weighted by atomic mass is 16.3. The number of aliphatic hydroxyl groups is 1. The van der Waals surface area contributed by atoms with Crippen LogP contribution in [0.25, 0.3) is 0 Å². The first-order chi connectivity index (χ1) is 7.80. The second-order valence-electron chi connectivity index (χ2n) is 6.48. The summed E-state index contributed by atoms with van der Waals surface area (Å²) in [6.07, 6.45) is 3.31. The van der Waals surface area contributed by atoms with Gasteiger partial charge in [0.05, 0.1) is 6.10 Å². The van der Waals surface area contributed by atoms with Crippen LogP contribution < -0.4 is 0 Å². The smallest absolute Gasteiger partial charge is 0.0644 e. The van der Waals surface area contributed by atoms with Crippen molar-refractivity contribution >= 4 is 0 Å². The maximum absolute atomic E-state index is 10.6. The molecule has 1 fully saturated rings. The predicted octanol–water partition coefficient (Wildman–Crippen LogP) is 3.23. The van der Waals surface area contributed by atoms with Gasteiger partial charge in [0.15, 0.2) is 0 Å². The molecule has 1 heterocycles. The van der Waals surface area contributed by atoms with Gasteiger partial charge in [-0.05, 0) is 34.4 Å².